The van der Waals surface area contributed by atoms with Crippen molar-refractivity contribution in [2.24, 2.45) is 5.73 Å². The first-order valence-corrected chi connectivity index (χ1v) is 6.29. The Morgan fingerprint density at radius 3 is 2.47 bits per heavy atom. The molecule has 0 saturated heterocycles. The van der Waals surface area contributed by atoms with Gasteiger partial charge in [0.05, 0.1) is 6.54 Å². The molecule has 5 heteroatoms. The Balaban J connectivity index is 0.00000324. The summed E-state index contributed by atoms with van der Waals surface area (Å²) in [4.78, 5) is 11.3. The molecule has 4 nitrogen and oxygen atoms in total. The Kier molecular flexibility index (Phi) is 9.00. The molecule has 0 saturated carbocycles. The van der Waals surface area contributed by atoms with Crippen molar-refractivity contribution in [3.8, 4) is 5.75 Å². The molecular weight excluding hydrogens is 264 g/mol. The fraction of sp³-hybridized carbons (Fsp3) is 0.500. The van der Waals surface area contributed by atoms with Gasteiger partial charge in [0.1, 0.15) is 12.4 Å². The number of ether oxygens (including phenoxy) is 1. The molecule has 1 rings (SSSR count). The third-order valence-electron chi connectivity index (χ3n) is 2.50. The van der Waals surface area contributed by atoms with Crippen molar-refractivity contribution >= 4 is 18.3 Å². The van der Waals surface area contributed by atoms with E-state index in [1.807, 2.05) is 26.0 Å². The molecule has 0 radical (unpaired) electrons. The Hall–Kier alpha value is -1.26. The van der Waals surface area contributed by atoms with E-state index in [-0.39, 0.29) is 18.3 Å². The van der Waals surface area contributed by atoms with Crippen molar-refractivity contribution in [1.29, 1.82) is 0 Å². The molecule has 0 aliphatic heterocycles. The van der Waals surface area contributed by atoms with Gasteiger partial charge in [-0.25, -0.2) is 0 Å². The standard InChI is InChI=1S/C14H22N2O2.ClH/c1-11-8-12(2)10-13(9-11)18-7-6-16-14(17)4-3-5-15;/h8-10H,3-7,15H2,1-2H3,(H,16,17);1H. The molecule has 0 aliphatic carbocycles. The first-order chi connectivity index (χ1) is 8.61. The van der Waals surface area contributed by atoms with Crippen molar-refractivity contribution in [2.45, 2.75) is 26.7 Å². The van der Waals surface area contributed by atoms with Crippen LogP contribution in [0.25, 0.3) is 0 Å². The fourth-order valence-electron chi connectivity index (χ4n) is 1.73. The number of rotatable bonds is 7. The minimum Gasteiger partial charge on any atom is -0.492 e. The number of benzene rings is 1. The van der Waals surface area contributed by atoms with Gasteiger partial charge in [-0.1, -0.05) is 6.07 Å². The number of halogens is 1. The normalized spacial score (nSPS) is 9.63. The summed E-state index contributed by atoms with van der Waals surface area (Å²) in [7, 11) is 0. The van der Waals surface area contributed by atoms with Crippen molar-refractivity contribution in [1.82, 2.24) is 5.32 Å². The maximum atomic E-state index is 11.3. The zero-order valence-electron chi connectivity index (χ0n) is 11.6. The maximum absolute atomic E-state index is 11.3. The van der Waals surface area contributed by atoms with E-state index in [0.717, 1.165) is 12.2 Å². The van der Waals surface area contributed by atoms with Crippen LogP contribution in [-0.2, 0) is 4.79 Å². The van der Waals surface area contributed by atoms with Crippen LogP contribution in [-0.4, -0.2) is 25.6 Å². The second kappa shape index (κ2) is 9.64. The van der Waals surface area contributed by atoms with Crippen molar-refractivity contribution in [3.63, 3.8) is 0 Å². The fourth-order valence-corrected chi connectivity index (χ4v) is 1.73. The molecule has 1 amide bonds. The summed E-state index contributed by atoms with van der Waals surface area (Å²) in [5.41, 5.74) is 7.69. The third kappa shape index (κ3) is 7.70. The first-order valence-electron chi connectivity index (χ1n) is 6.29. The quantitative estimate of drug-likeness (QED) is 0.753. The monoisotopic (exact) mass is 286 g/mol. The molecule has 0 fully saturated rings. The van der Waals surface area contributed by atoms with Crippen LogP contribution < -0.4 is 15.8 Å². The highest BCUT2D eigenvalue weighted by Gasteiger charge is 2.00. The van der Waals surface area contributed by atoms with E-state index in [0.29, 0.717) is 26.1 Å². The van der Waals surface area contributed by atoms with E-state index in [4.69, 9.17) is 10.5 Å². The Morgan fingerprint density at radius 2 is 1.89 bits per heavy atom. The predicted molar refractivity (Wildman–Crippen MR) is 80.0 cm³/mol. The van der Waals surface area contributed by atoms with Gasteiger partial charge in [0, 0.05) is 6.42 Å². The van der Waals surface area contributed by atoms with Crippen LogP contribution in [0.5, 0.6) is 5.75 Å². The third-order valence-corrected chi connectivity index (χ3v) is 2.50. The Morgan fingerprint density at radius 1 is 1.26 bits per heavy atom. The molecule has 0 aliphatic rings. The Bertz CT molecular complexity index is 377. The number of nitrogens with one attached hydrogen (secondary N) is 1. The average Bonchev–Trinajstić information content (AvgIpc) is 2.31. The van der Waals surface area contributed by atoms with E-state index in [9.17, 15) is 4.79 Å². The summed E-state index contributed by atoms with van der Waals surface area (Å²) < 4.78 is 5.58. The predicted octanol–water partition coefficient (Wildman–Crippen LogP) is 1.96. The number of amides is 1. The highest BCUT2D eigenvalue weighted by Crippen LogP contribution is 2.15. The zero-order valence-corrected chi connectivity index (χ0v) is 12.4. The summed E-state index contributed by atoms with van der Waals surface area (Å²) in [5, 5.41) is 2.80. The maximum Gasteiger partial charge on any atom is 0.220 e. The topological polar surface area (TPSA) is 64.3 Å². The minimum atomic E-state index is 0. The van der Waals surface area contributed by atoms with E-state index in [1.54, 1.807) is 0 Å². The van der Waals surface area contributed by atoms with Gasteiger partial charge in [-0.05, 0) is 50.1 Å². The lowest BCUT2D eigenvalue weighted by atomic mass is 10.1. The van der Waals surface area contributed by atoms with Crippen molar-refractivity contribution in [2.75, 3.05) is 19.7 Å². The molecule has 1 aromatic rings. The molecule has 1 aromatic carbocycles. The summed E-state index contributed by atoms with van der Waals surface area (Å²) in [6, 6.07) is 6.08. The molecule has 0 heterocycles. The van der Waals surface area contributed by atoms with Gasteiger partial charge >= 0.3 is 0 Å². The van der Waals surface area contributed by atoms with Crippen LogP contribution in [0.4, 0.5) is 0 Å². The first kappa shape index (κ1) is 17.7. The second-order valence-electron chi connectivity index (χ2n) is 4.41. The van der Waals surface area contributed by atoms with Gasteiger partial charge in [0.25, 0.3) is 0 Å². The number of carbonyl (C=O) groups excluding carboxylic acids is 1. The lowest BCUT2D eigenvalue weighted by molar-refractivity contribution is -0.121. The number of carbonyl (C=O) groups is 1. The number of aryl methyl sites for hydroxylation is 2. The molecule has 0 bridgehead atoms. The van der Waals surface area contributed by atoms with Crippen LogP contribution in [0.3, 0.4) is 0 Å². The van der Waals surface area contributed by atoms with Crippen molar-refractivity contribution in [3.05, 3.63) is 29.3 Å². The van der Waals surface area contributed by atoms with Gasteiger partial charge in [-0.3, -0.25) is 4.79 Å². The molecular formula is C14H23ClN2O2. The van der Waals surface area contributed by atoms with E-state index < -0.39 is 0 Å². The number of hydrogen-bond donors (Lipinski definition) is 2. The van der Waals surface area contributed by atoms with Gasteiger partial charge < -0.3 is 15.8 Å². The van der Waals surface area contributed by atoms with Crippen molar-refractivity contribution < 1.29 is 9.53 Å². The van der Waals surface area contributed by atoms with Crippen LogP contribution >= 0.6 is 12.4 Å². The summed E-state index contributed by atoms with van der Waals surface area (Å²) >= 11 is 0. The van der Waals surface area contributed by atoms with Gasteiger partial charge in [-0.15, -0.1) is 12.4 Å². The highest BCUT2D eigenvalue weighted by molar-refractivity contribution is 5.85. The minimum absolute atomic E-state index is 0. The largest absolute Gasteiger partial charge is 0.492 e. The lowest BCUT2D eigenvalue weighted by Crippen LogP contribution is -2.28. The highest BCUT2D eigenvalue weighted by atomic mass is 35.5. The van der Waals surface area contributed by atoms with Gasteiger partial charge in [-0.2, -0.15) is 0 Å². The van der Waals surface area contributed by atoms with E-state index in [2.05, 4.69) is 11.4 Å². The molecule has 0 aromatic heterocycles. The van der Waals surface area contributed by atoms with Gasteiger partial charge in [0.15, 0.2) is 0 Å². The van der Waals surface area contributed by atoms with Crippen LogP contribution in [0.2, 0.25) is 0 Å². The lowest BCUT2D eigenvalue weighted by Gasteiger charge is -2.09. The molecule has 3 N–H and O–H groups in total. The van der Waals surface area contributed by atoms with Crippen LogP contribution in [0.1, 0.15) is 24.0 Å². The molecule has 0 atom stereocenters. The van der Waals surface area contributed by atoms with E-state index in [1.165, 1.54) is 11.1 Å². The number of hydrogen-bond acceptors (Lipinski definition) is 3. The number of nitrogens with two attached hydrogens (primary N) is 1. The molecule has 0 spiro atoms. The SMILES string of the molecule is Cc1cc(C)cc(OCCNC(=O)CCCN)c1.Cl. The van der Waals surface area contributed by atoms with Crippen LogP contribution in [0.15, 0.2) is 18.2 Å². The molecule has 108 valence electrons. The summed E-state index contributed by atoms with van der Waals surface area (Å²) in [5.74, 6) is 0.883. The average molecular weight is 287 g/mol. The summed E-state index contributed by atoms with van der Waals surface area (Å²) in [6.07, 6.45) is 1.21. The smallest absolute Gasteiger partial charge is 0.220 e. The second-order valence-corrected chi connectivity index (χ2v) is 4.41. The van der Waals surface area contributed by atoms with Gasteiger partial charge in [0.2, 0.25) is 5.91 Å². The zero-order chi connectivity index (χ0) is 13.4. The Labute approximate surface area is 121 Å². The van der Waals surface area contributed by atoms with E-state index >= 15 is 0 Å². The molecule has 19 heavy (non-hydrogen) atoms. The molecule has 0 unspecified atom stereocenters. The van der Waals surface area contributed by atoms with Crippen LogP contribution in [0, 0.1) is 13.8 Å². The summed E-state index contributed by atoms with van der Waals surface area (Å²) in [6.45, 7) is 5.63.